The molecule has 0 amide bonds. The molecule has 0 aliphatic carbocycles. The van der Waals surface area contributed by atoms with Crippen LogP contribution < -0.4 is 5.32 Å². The standard InChI is InChI=1S/C15H15BrN4O/c16-13-7-17-9-19-15(13)20-11(8-21)5-10-6-18-14-4-2-1-3-12(10)14/h1-4,6-7,9,11,18,21H,5,8H2,(H,17,19,20)/t11-/m1/s1. The van der Waals surface area contributed by atoms with E-state index in [1.54, 1.807) is 6.20 Å². The van der Waals surface area contributed by atoms with Crippen LogP contribution in [0.1, 0.15) is 5.56 Å². The third-order valence-electron chi connectivity index (χ3n) is 3.37. The Morgan fingerprint density at radius 2 is 2.19 bits per heavy atom. The molecule has 0 fully saturated rings. The number of fused-ring (bicyclic) bond motifs is 1. The number of benzene rings is 1. The summed E-state index contributed by atoms with van der Waals surface area (Å²) in [4.78, 5) is 11.3. The Bertz CT molecular complexity index is 743. The topological polar surface area (TPSA) is 73.8 Å². The second-order valence-corrected chi connectivity index (χ2v) is 5.66. The summed E-state index contributed by atoms with van der Waals surface area (Å²) >= 11 is 3.40. The average molecular weight is 347 g/mol. The molecule has 3 N–H and O–H groups in total. The number of anilines is 1. The van der Waals surface area contributed by atoms with Gasteiger partial charge in [0.1, 0.15) is 12.1 Å². The molecule has 0 aliphatic heterocycles. The molecular weight excluding hydrogens is 332 g/mol. The van der Waals surface area contributed by atoms with Crippen LogP contribution in [0.2, 0.25) is 0 Å². The quantitative estimate of drug-likeness (QED) is 0.664. The molecule has 2 heterocycles. The summed E-state index contributed by atoms with van der Waals surface area (Å²) in [5.74, 6) is 0.684. The second kappa shape index (κ2) is 6.24. The molecule has 0 spiro atoms. The highest BCUT2D eigenvalue weighted by Crippen LogP contribution is 2.22. The number of aromatic nitrogens is 3. The number of rotatable bonds is 5. The van der Waals surface area contributed by atoms with Crippen LogP contribution in [0, 0.1) is 0 Å². The molecule has 0 unspecified atom stereocenters. The first-order valence-corrected chi connectivity index (χ1v) is 7.45. The van der Waals surface area contributed by atoms with Crippen LogP contribution in [0.5, 0.6) is 0 Å². The molecule has 108 valence electrons. The maximum atomic E-state index is 9.62. The first-order chi connectivity index (χ1) is 10.3. The maximum absolute atomic E-state index is 9.62. The summed E-state index contributed by atoms with van der Waals surface area (Å²) in [7, 11) is 0. The molecule has 0 saturated carbocycles. The van der Waals surface area contributed by atoms with Gasteiger partial charge in [-0.1, -0.05) is 18.2 Å². The van der Waals surface area contributed by atoms with Gasteiger partial charge in [-0.2, -0.15) is 0 Å². The lowest BCUT2D eigenvalue weighted by molar-refractivity contribution is 0.273. The molecule has 0 radical (unpaired) electrons. The van der Waals surface area contributed by atoms with Gasteiger partial charge in [-0.05, 0) is 34.0 Å². The van der Waals surface area contributed by atoms with Gasteiger partial charge in [-0.25, -0.2) is 9.97 Å². The fourth-order valence-electron chi connectivity index (χ4n) is 2.34. The van der Waals surface area contributed by atoms with E-state index < -0.39 is 0 Å². The van der Waals surface area contributed by atoms with Crippen LogP contribution >= 0.6 is 15.9 Å². The first-order valence-electron chi connectivity index (χ1n) is 6.66. The number of nitrogens with one attached hydrogen (secondary N) is 2. The monoisotopic (exact) mass is 346 g/mol. The SMILES string of the molecule is OC[C@@H](Cc1c[nH]c2ccccc12)Nc1ncncc1Br. The van der Waals surface area contributed by atoms with Crippen molar-refractivity contribution in [2.45, 2.75) is 12.5 Å². The van der Waals surface area contributed by atoms with E-state index in [0.717, 1.165) is 9.99 Å². The van der Waals surface area contributed by atoms with Gasteiger partial charge in [0.05, 0.1) is 17.1 Å². The minimum Gasteiger partial charge on any atom is -0.394 e. The van der Waals surface area contributed by atoms with Crippen molar-refractivity contribution < 1.29 is 5.11 Å². The van der Waals surface area contributed by atoms with E-state index in [4.69, 9.17) is 0 Å². The smallest absolute Gasteiger partial charge is 0.144 e. The number of H-pyrrole nitrogens is 1. The molecule has 21 heavy (non-hydrogen) atoms. The number of aliphatic hydroxyl groups is 1. The molecule has 3 rings (SSSR count). The van der Waals surface area contributed by atoms with E-state index in [-0.39, 0.29) is 12.6 Å². The van der Waals surface area contributed by atoms with Gasteiger partial charge >= 0.3 is 0 Å². The molecule has 0 bridgehead atoms. The van der Waals surface area contributed by atoms with E-state index in [0.29, 0.717) is 12.2 Å². The Kier molecular flexibility index (Phi) is 4.17. The van der Waals surface area contributed by atoms with Crippen molar-refractivity contribution >= 4 is 32.7 Å². The zero-order chi connectivity index (χ0) is 14.7. The summed E-state index contributed by atoms with van der Waals surface area (Å²) in [5, 5.41) is 14.0. The lowest BCUT2D eigenvalue weighted by atomic mass is 10.1. The molecule has 5 nitrogen and oxygen atoms in total. The van der Waals surface area contributed by atoms with Gasteiger partial charge in [0.25, 0.3) is 0 Å². The molecule has 6 heteroatoms. The molecule has 1 atom stereocenters. The Morgan fingerprint density at radius 1 is 1.33 bits per heavy atom. The summed E-state index contributed by atoms with van der Waals surface area (Å²) in [6.45, 7) is 0.0238. The van der Waals surface area contributed by atoms with E-state index in [1.807, 2.05) is 24.4 Å². The fraction of sp³-hybridized carbons (Fsp3) is 0.200. The van der Waals surface area contributed by atoms with Crippen LogP contribution in [-0.2, 0) is 6.42 Å². The van der Waals surface area contributed by atoms with Crippen LogP contribution in [-0.4, -0.2) is 32.7 Å². The first kappa shape index (κ1) is 14.0. The van der Waals surface area contributed by atoms with Crippen molar-refractivity contribution in [3.05, 3.63) is 53.0 Å². The number of aliphatic hydroxyl groups excluding tert-OH is 1. The predicted octanol–water partition coefficient (Wildman–Crippen LogP) is 2.74. The van der Waals surface area contributed by atoms with Crippen molar-refractivity contribution in [2.75, 3.05) is 11.9 Å². The Balaban J connectivity index is 1.80. The molecular formula is C15H15BrN4O. The Morgan fingerprint density at radius 3 is 3.00 bits per heavy atom. The van der Waals surface area contributed by atoms with E-state index >= 15 is 0 Å². The maximum Gasteiger partial charge on any atom is 0.144 e. The number of nitrogens with zero attached hydrogens (tertiary/aromatic N) is 2. The zero-order valence-corrected chi connectivity index (χ0v) is 12.8. The predicted molar refractivity (Wildman–Crippen MR) is 86.2 cm³/mol. The normalized spacial score (nSPS) is 12.5. The minimum atomic E-state index is -0.115. The third kappa shape index (κ3) is 3.06. The summed E-state index contributed by atoms with van der Waals surface area (Å²) in [6, 6.07) is 8.03. The molecule has 1 aromatic carbocycles. The number of hydrogen-bond acceptors (Lipinski definition) is 4. The lowest BCUT2D eigenvalue weighted by Crippen LogP contribution is -2.27. The Labute approximate surface area is 130 Å². The summed E-state index contributed by atoms with van der Waals surface area (Å²) < 4.78 is 0.780. The molecule has 2 aromatic heterocycles. The van der Waals surface area contributed by atoms with Gasteiger partial charge < -0.3 is 15.4 Å². The van der Waals surface area contributed by atoms with Crippen molar-refractivity contribution in [3.63, 3.8) is 0 Å². The average Bonchev–Trinajstić information content (AvgIpc) is 2.92. The van der Waals surface area contributed by atoms with Gasteiger partial charge in [0, 0.05) is 23.3 Å². The second-order valence-electron chi connectivity index (χ2n) is 4.81. The van der Waals surface area contributed by atoms with E-state index in [1.165, 1.54) is 17.3 Å². The fourth-order valence-corrected chi connectivity index (χ4v) is 2.67. The summed E-state index contributed by atoms with van der Waals surface area (Å²) in [5.41, 5.74) is 2.27. The zero-order valence-electron chi connectivity index (χ0n) is 11.3. The largest absolute Gasteiger partial charge is 0.394 e. The van der Waals surface area contributed by atoms with Gasteiger partial charge in [0.15, 0.2) is 0 Å². The molecule has 0 saturated heterocycles. The number of hydrogen-bond donors (Lipinski definition) is 3. The van der Waals surface area contributed by atoms with Gasteiger partial charge in [-0.3, -0.25) is 0 Å². The van der Waals surface area contributed by atoms with Crippen molar-refractivity contribution in [2.24, 2.45) is 0 Å². The minimum absolute atomic E-state index is 0.0238. The van der Waals surface area contributed by atoms with E-state index in [2.05, 4.69) is 42.3 Å². The highest BCUT2D eigenvalue weighted by atomic mass is 79.9. The van der Waals surface area contributed by atoms with Crippen LogP contribution in [0.4, 0.5) is 5.82 Å². The summed E-state index contributed by atoms with van der Waals surface area (Å²) in [6.07, 6.45) is 5.85. The van der Waals surface area contributed by atoms with E-state index in [9.17, 15) is 5.11 Å². The highest BCUT2D eigenvalue weighted by Gasteiger charge is 2.13. The lowest BCUT2D eigenvalue weighted by Gasteiger charge is -2.17. The third-order valence-corrected chi connectivity index (χ3v) is 3.95. The van der Waals surface area contributed by atoms with Gasteiger partial charge in [-0.15, -0.1) is 0 Å². The van der Waals surface area contributed by atoms with Crippen LogP contribution in [0.15, 0.2) is 47.5 Å². The van der Waals surface area contributed by atoms with Crippen molar-refractivity contribution in [3.8, 4) is 0 Å². The van der Waals surface area contributed by atoms with Crippen molar-refractivity contribution in [1.29, 1.82) is 0 Å². The Hall–Kier alpha value is -1.92. The number of halogens is 1. The molecule has 0 aliphatic rings. The van der Waals surface area contributed by atoms with Crippen molar-refractivity contribution in [1.82, 2.24) is 15.0 Å². The van der Waals surface area contributed by atoms with Crippen LogP contribution in [0.3, 0.4) is 0 Å². The van der Waals surface area contributed by atoms with Gasteiger partial charge in [0.2, 0.25) is 0 Å². The number of aromatic amines is 1. The number of para-hydroxylation sites is 1. The van der Waals surface area contributed by atoms with Crippen LogP contribution in [0.25, 0.3) is 10.9 Å². The molecule has 3 aromatic rings. The highest BCUT2D eigenvalue weighted by molar-refractivity contribution is 9.10.